The van der Waals surface area contributed by atoms with Crippen LogP contribution in [-0.2, 0) is 19.9 Å². The molecule has 1 aromatic carbocycles. The van der Waals surface area contributed by atoms with Gasteiger partial charge in [-0.15, -0.1) is 0 Å². The molecule has 0 unspecified atom stereocenters. The lowest BCUT2D eigenvalue weighted by molar-refractivity contribution is 0.0763. The standard InChI is InChI=1S/C16H17N5OS/c1-20-9-11(8-18-20)15(22)21-6-4-10-2-3-13-14(12(10)5-7-21)23-16(17)19-13/h2-3,8-9H,4-7H2,1H3,(H2,17,19). The van der Waals surface area contributed by atoms with Crippen LogP contribution in [0.3, 0.4) is 0 Å². The average molecular weight is 327 g/mol. The highest BCUT2D eigenvalue weighted by atomic mass is 32.1. The second-order valence-corrected chi connectivity index (χ2v) is 6.83. The molecule has 1 aliphatic rings. The maximum atomic E-state index is 12.6. The Morgan fingerprint density at radius 3 is 2.91 bits per heavy atom. The largest absolute Gasteiger partial charge is 0.375 e. The second-order valence-electron chi connectivity index (χ2n) is 5.80. The topological polar surface area (TPSA) is 77.0 Å². The van der Waals surface area contributed by atoms with Crippen molar-refractivity contribution in [3.05, 3.63) is 41.2 Å². The number of anilines is 1. The van der Waals surface area contributed by atoms with Crippen LogP contribution in [0.4, 0.5) is 5.13 Å². The maximum Gasteiger partial charge on any atom is 0.257 e. The molecule has 7 heteroatoms. The molecule has 0 atom stereocenters. The zero-order chi connectivity index (χ0) is 16.0. The Morgan fingerprint density at radius 1 is 1.30 bits per heavy atom. The lowest BCUT2D eigenvalue weighted by Crippen LogP contribution is -2.33. The van der Waals surface area contributed by atoms with Gasteiger partial charge in [0.15, 0.2) is 5.13 Å². The number of rotatable bonds is 1. The quantitative estimate of drug-likeness (QED) is 0.740. The third-order valence-electron chi connectivity index (χ3n) is 4.30. The van der Waals surface area contributed by atoms with E-state index in [1.165, 1.54) is 22.5 Å². The van der Waals surface area contributed by atoms with Crippen molar-refractivity contribution in [3.8, 4) is 0 Å². The Bertz CT molecular complexity index is 897. The van der Waals surface area contributed by atoms with Gasteiger partial charge in [-0.3, -0.25) is 9.48 Å². The van der Waals surface area contributed by atoms with Crippen LogP contribution in [0, 0.1) is 0 Å². The molecule has 0 aliphatic carbocycles. The molecule has 1 amide bonds. The van der Waals surface area contributed by atoms with E-state index in [2.05, 4.69) is 16.1 Å². The van der Waals surface area contributed by atoms with Gasteiger partial charge in [-0.05, 0) is 30.0 Å². The number of nitrogens with zero attached hydrogens (tertiary/aromatic N) is 4. The number of aryl methyl sites for hydroxylation is 1. The molecule has 0 spiro atoms. The first-order valence-corrected chi connectivity index (χ1v) is 8.38. The summed E-state index contributed by atoms with van der Waals surface area (Å²) in [4.78, 5) is 18.9. The van der Waals surface area contributed by atoms with Gasteiger partial charge in [0.25, 0.3) is 5.91 Å². The normalized spacial score (nSPS) is 14.7. The van der Waals surface area contributed by atoms with Crippen molar-refractivity contribution in [2.75, 3.05) is 18.8 Å². The predicted molar refractivity (Wildman–Crippen MR) is 90.6 cm³/mol. The van der Waals surface area contributed by atoms with Gasteiger partial charge in [0.1, 0.15) is 0 Å². The van der Waals surface area contributed by atoms with E-state index in [0.29, 0.717) is 17.2 Å². The highest BCUT2D eigenvalue weighted by Gasteiger charge is 2.22. The zero-order valence-corrected chi connectivity index (χ0v) is 13.6. The summed E-state index contributed by atoms with van der Waals surface area (Å²) in [7, 11) is 1.82. The van der Waals surface area contributed by atoms with Crippen LogP contribution in [0.5, 0.6) is 0 Å². The van der Waals surface area contributed by atoms with E-state index in [1.54, 1.807) is 17.1 Å². The first kappa shape index (κ1) is 14.2. The number of hydrogen-bond donors (Lipinski definition) is 1. The molecule has 6 nitrogen and oxygen atoms in total. The number of benzene rings is 1. The van der Waals surface area contributed by atoms with Crippen LogP contribution in [-0.4, -0.2) is 38.7 Å². The van der Waals surface area contributed by atoms with Crippen molar-refractivity contribution >= 4 is 32.6 Å². The molecular weight excluding hydrogens is 310 g/mol. The minimum absolute atomic E-state index is 0.0472. The number of aromatic nitrogens is 3. The molecule has 3 heterocycles. The van der Waals surface area contributed by atoms with Crippen LogP contribution < -0.4 is 5.73 Å². The molecule has 0 fully saturated rings. The van der Waals surface area contributed by atoms with E-state index in [9.17, 15) is 4.79 Å². The predicted octanol–water partition coefficient (Wildman–Crippen LogP) is 1.85. The monoisotopic (exact) mass is 327 g/mol. The summed E-state index contributed by atoms with van der Waals surface area (Å²) in [5.74, 6) is 0.0472. The number of nitrogens with two attached hydrogens (primary N) is 1. The van der Waals surface area contributed by atoms with Gasteiger partial charge in [-0.25, -0.2) is 4.98 Å². The molecule has 0 radical (unpaired) electrons. The summed E-state index contributed by atoms with van der Waals surface area (Å²) in [6.07, 6.45) is 5.08. The molecular formula is C16H17N5OS. The van der Waals surface area contributed by atoms with Crippen LogP contribution in [0.25, 0.3) is 10.2 Å². The molecule has 4 rings (SSSR count). The third-order valence-corrected chi connectivity index (χ3v) is 5.26. The fourth-order valence-corrected chi connectivity index (χ4v) is 4.07. The molecule has 2 aromatic heterocycles. The number of thiazole rings is 1. The van der Waals surface area contributed by atoms with Gasteiger partial charge in [0, 0.05) is 26.3 Å². The summed E-state index contributed by atoms with van der Waals surface area (Å²) in [5, 5.41) is 4.69. The number of fused-ring (bicyclic) bond motifs is 3. The number of hydrogen-bond acceptors (Lipinski definition) is 5. The highest BCUT2D eigenvalue weighted by molar-refractivity contribution is 7.22. The van der Waals surface area contributed by atoms with Crippen molar-refractivity contribution in [2.45, 2.75) is 12.8 Å². The molecule has 0 bridgehead atoms. The van der Waals surface area contributed by atoms with Gasteiger partial charge in [-0.2, -0.15) is 5.10 Å². The van der Waals surface area contributed by atoms with Crippen LogP contribution >= 0.6 is 11.3 Å². The molecule has 118 valence electrons. The van der Waals surface area contributed by atoms with Crippen LogP contribution in [0.2, 0.25) is 0 Å². The Labute approximate surface area is 137 Å². The van der Waals surface area contributed by atoms with Crippen LogP contribution in [0.1, 0.15) is 21.5 Å². The van der Waals surface area contributed by atoms with Gasteiger partial charge in [0.05, 0.1) is 22.0 Å². The van der Waals surface area contributed by atoms with Gasteiger partial charge in [0.2, 0.25) is 0 Å². The second kappa shape index (κ2) is 5.34. The van der Waals surface area contributed by atoms with E-state index in [1.807, 2.05) is 18.0 Å². The summed E-state index contributed by atoms with van der Waals surface area (Å²) < 4.78 is 2.82. The van der Waals surface area contributed by atoms with Crippen molar-refractivity contribution in [1.29, 1.82) is 0 Å². The SMILES string of the molecule is Cn1cc(C(=O)N2CCc3ccc4nc(N)sc4c3CC2)cn1. The first-order chi connectivity index (χ1) is 11.1. The lowest BCUT2D eigenvalue weighted by Gasteiger charge is -2.19. The Hall–Kier alpha value is -2.41. The fourth-order valence-electron chi connectivity index (χ4n) is 3.14. The Morgan fingerprint density at radius 2 is 2.13 bits per heavy atom. The van der Waals surface area contributed by atoms with E-state index >= 15 is 0 Å². The van der Waals surface area contributed by atoms with Gasteiger partial charge in [-0.1, -0.05) is 17.4 Å². The molecule has 2 N–H and O–H groups in total. The minimum atomic E-state index is 0.0472. The smallest absolute Gasteiger partial charge is 0.257 e. The van der Waals surface area contributed by atoms with Crippen molar-refractivity contribution < 1.29 is 4.79 Å². The van der Waals surface area contributed by atoms with E-state index in [0.717, 1.165) is 29.6 Å². The fraction of sp³-hybridized carbons (Fsp3) is 0.312. The van der Waals surface area contributed by atoms with Crippen molar-refractivity contribution in [1.82, 2.24) is 19.7 Å². The average Bonchev–Trinajstić information content (AvgIpc) is 3.05. The number of nitrogen functional groups attached to an aromatic ring is 1. The van der Waals surface area contributed by atoms with E-state index in [-0.39, 0.29) is 5.91 Å². The highest BCUT2D eigenvalue weighted by Crippen LogP contribution is 2.31. The molecule has 0 saturated carbocycles. The van der Waals surface area contributed by atoms with Gasteiger partial charge >= 0.3 is 0 Å². The summed E-state index contributed by atoms with van der Waals surface area (Å²) in [6.45, 7) is 1.43. The van der Waals surface area contributed by atoms with Crippen LogP contribution in [0.15, 0.2) is 24.5 Å². The zero-order valence-electron chi connectivity index (χ0n) is 12.8. The maximum absolute atomic E-state index is 12.6. The van der Waals surface area contributed by atoms with Crippen molar-refractivity contribution in [2.24, 2.45) is 7.05 Å². The number of carbonyl (C=O) groups is 1. The van der Waals surface area contributed by atoms with E-state index < -0.39 is 0 Å². The summed E-state index contributed by atoms with van der Waals surface area (Å²) in [6, 6.07) is 4.15. The Kier molecular flexibility index (Phi) is 3.30. The molecule has 1 aliphatic heterocycles. The molecule has 3 aromatic rings. The number of amides is 1. The third kappa shape index (κ3) is 2.46. The Balaban J connectivity index is 1.63. The van der Waals surface area contributed by atoms with E-state index in [4.69, 9.17) is 5.73 Å². The summed E-state index contributed by atoms with van der Waals surface area (Å²) in [5.41, 5.74) is 10.0. The first-order valence-electron chi connectivity index (χ1n) is 7.56. The number of carbonyl (C=O) groups excluding carboxylic acids is 1. The summed E-state index contributed by atoms with van der Waals surface area (Å²) >= 11 is 1.54. The molecule has 0 saturated heterocycles. The van der Waals surface area contributed by atoms with Crippen molar-refractivity contribution in [3.63, 3.8) is 0 Å². The van der Waals surface area contributed by atoms with Gasteiger partial charge < -0.3 is 10.6 Å². The minimum Gasteiger partial charge on any atom is -0.375 e. The lowest BCUT2D eigenvalue weighted by atomic mass is 10.0. The molecule has 23 heavy (non-hydrogen) atoms.